The first-order chi connectivity index (χ1) is 14.9. The van der Waals surface area contributed by atoms with Gasteiger partial charge in [-0.3, -0.25) is 19.3 Å². The van der Waals surface area contributed by atoms with Gasteiger partial charge in [0.05, 0.1) is 5.57 Å². The molecule has 0 saturated carbocycles. The molecule has 0 unspecified atom stereocenters. The fraction of sp³-hybridized carbons (Fsp3) is 0.292. The second kappa shape index (κ2) is 10.0. The molecule has 162 valence electrons. The molecule has 1 aliphatic heterocycles. The second-order valence-electron chi connectivity index (χ2n) is 7.32. The van der Waals surface area contributed by atoms with Crippen molar-refractivity contribution in [1.29, 1.82) is 0 Å². The fourth-order valence-corrected chi connectivity index (χ4v) is 3.42. The Kier molecular flexibility index (Phi) is 7.20. The molecular formula is C24H27N3O4. The number of carbonyl (C=O) groups is 3. The van der Waals surface area contributed by atoms with E-state index in [-0.39, 0.29) is 30.0 Å². The van der Waals surface area contributed by atoms with Gasteiger partial charge in [-0.05, 0) is 55.7 Å². The number of nitrogens with one attached hydrogen (secondary N) is 2. The van der Waals surface area contributed by atoms with Crippen molar-refractivity contribution < 1.29 is 19.1 Å². The Morgan fingerprint density at radius 1 is 1.03 bits per heavy atom. The maximum Gasteiger partial charge on any atom is 0.278 e. The molecule has 1 aliphatic rings. The Bertz CT molecular complexity index is 1010. The number of hydrogen-bond acceptors (Lipinski definition) is 5. The van der Waals surface area contributed by atoms with Crippen LogP contribution >= 0.6 is 0 Å². The predicted molar refractivity (Wildman–Crippen MR) is 120 cm³/mol. The van der Waals surface area contributed by atoms with Crippen molar-refractivity contribution >= 4 is 34.7 Å². The van der Waals surface area contributed by atoms with Gasteiger partial charge in [-0.1, -0.05) is 24.3 Å². The highest BCUT2D eigenvalue weighted by molar-refractivity contribution is 6.36. The highest BCUT2D eigenvalue weighted by atomic mass is 16.5. The van der Waals surface area contributed by atoms with Gasteiger partial charge in [-0.25, -0.2) is 0 Å². The number of rotatable bonds is 9. The van der Waals surface area contributed by atoms with Crippen LogP contribution in [0.5, 0.6) is 0 Å². The molecule has 7 nitrogen and oxygen atoms in total. The summed E-state index contributed by atoms with van der Waals surface area (Å²) in [4.78, 5) is 38.9. The van der Waals surface area contributed by atoms with Crippen molar-refractivity contribution in [2.75, 3.05) is 30.4 Å². The van der Waals surface area contributed by atoms with Crippen LogP contribution in [0.2, 0.25) is 0 Å². The lowest BCUT2D eigenvalue weighted by Gasteiger charge is -2.15. The Labute approximate surface area is 182 Å². The molecular weight excluding hydrogens is 394 g/mol. The molecule has 0 aromatic heterocycles. The smallest absolute Gasteiger partial charge is 0.278 e. The average Bonchev–Trinajstić information content (AvgIpc) is 2.95. The van der Waals surface area contributed by atoms with E-state index in [0.29, 0.717) is 36.5 Å². The van der Waals surface area contributed by atoms with Crippen molar-refractivity contribution in [3.8, 4) is 0 Å². The van der Waals surface area contributed by atoms with E-state index >= 15 is 0 Å². The van der Waals surface area contributed by atoms with Gasteiger partial charge in [-0.15, -0.1) is 0 Å². The largest absolute Gasteiger partial charge is 0.382 e. The molecule has 0 atom stereocenters. The van der Waals surface area contributed by atoms with Crippen molar-refractivity contribution in [1.82, 2.24) is 4.90 Å². The summed E-state index contributed by atoms with van der Waals surface area (Å²) in [5.74, 6) is -0.880. The first-order valence-corrected chi connectivity index (χ1v) is 10.3. The van der Waals surface area contributed by atoms with Crippen molar-refractivity contribution in [2.45, 2.75) is 27.2 Å². The Morgan fingerprint density at radius 2 is 1.77 bits per heavy atom. The SMILES string of the molecule is CCOCCCN1C(=O)C(Nc2cccc(C)c2)=C(c2ccc(NC(C)=O)cc2)C1=O. The van der Waals surface area contributed by atoms with Gasteiger partial charge in [0.2, 0.25) is 5.91 Å². The van der Waals surface area contributed by atoms with Gasteiger partial charge < -0.3 is 15.4 Å². The first kappa shape index (κ1) is 22.2. The van der Waals surface area contributed by atoms with E-state index in [1.54, 1.807) is 24.3 Å². The molecule has 2 aromatic carbocycles. The van der Waals surface area contributed by atoms with Crippen LogP contribution in [0.3, 0.4) is 0 Å². The lowest BCUT2D eigenvalue weighted by Crippen LogP contribution is -2.34. The minimum Gasteiger partial charge on any atom is -0.382 e. The number of carbonyl (C=O) groups excluding carboxylic acids is 3. The molecule has 0 bridgehead atoms. The lowest BCUT2D eigenvalue weighted by molar-refractivity contribution is -0.137. The molecule has 0 saturated heterocycles. The molecule has 0 fully saturated rings. The number of amides is 3. The maximum absolute atomic E-state index is 13.2. The van der Waals surface area contributed by atoms with Crippen molar-refractivity contribution in [3.63, 3.8) is 0 Å². The highest BCUT2D eigenvalue weighted by Crippen LogP contribution is 2.31. The van der Waals surface area contributed by atoms with Crippen LogP contribution in [0.15, 0.2) is 54.2 Å². The summed E-state index contributed by atoms with van der Waals surface area (Å²) >= 11 is 0. The minimum atomic E-state index is -0.357. The van der Waals surface area contributed by atoms with E-state index in [1.807, 2.05) is 38.1 Å². The zero-order valence-electron chi connectivity index (χ0n) is 18.0. The van der Waals surface area contributed by atoms with Crippen LogP contribution < -0.4 is 10.6 Å². The Balaban J connectivity index is 1.93. The zero-order chi connectivity index (χ0) is 22.4. The number of aryl methyl sites for hydroxylation is 1. The molecule has 0 spiro atoms. The predicted octanol–water partition coefficient (Wildman–Crippen LogP) is 3.57. The monoisotopic (exact) mass is 421 g/mol. The second-order valence-corrected chi connectivity index (χ2v) is 7.32. The number of benzene rings is 2. The van der Waals surface area contributed by atoms with E-state index in [9.17, 15) is 14.4 Å². The third-order valence-corrected chi connectivity index (χ3v) is 4.82. The summed E-state index contributed by atoms with van der Waals surface area (Å²) in [6.07, 6.45) is 0.567. The third-order valence-electron chi connectivity index (χ3n) is 4.82. The van der Waals surface area contributed by atoms with Crippen molar-refractivity contribution in [2.24, 2.45) is 0 Å². The summed E-state index contributed by atoms with van der Waals surface area (Å²) in [5.41, 5.74) is 3.57. The first-order valence-electron chi connectivity index (χ1n) is 10.3. The van der Waals surface area contributed by atoms with E-state index < -0.39 is 0 Å². The summed E-state index contributed by atoms with van der Waals surface area (Å²) < 4.78 is 5.34. The standard InChI is InChI=1S/C24H27N3O4/c1-4-31-14-6-13-27-23(29)21(18-9-11-19(12-10-18)25-17(3)28)22(24(27)30)26-20-8-5-7-16(2)15-20/h5,7-12,15,26H,4,6,13-14H2,1-3H3,(H,25,28). The van der Waals surface area contributed by atoms with Crippen LogP contribution in [0.4, 0.5) is 11.4 Å². The van der Waals surface area contributed by atoms with Gasteiger partial charge in [-0.2, -0.15) is 0 Å². The minimum absolute atomic E-state index is 0.179. The Hall–Kier alpha value is -3.45. The van der Waals surface area contributed by atoms with Gasteiger partial charge in [0.1, 0.15) is 5.70 Å². The maximum atomic E-state index is 13.2. The molecule has 2 aromatic rings. The third kappa shape index (κ3) is 5.38. The number of hydrogen-bond donors (Lipinski definition) is 2. The summed E-state index contributed by atoms with van der Waals surface area (Å²) in [6.45, 7) is 6.65. The van der Waals surface area contributed by atoms with Gasteiger partial charge >= 0.3 is 0 Å². The topological polar surface area (TPSA) is 87.7 Å². The van der Waals surface area contributed by atoms with Gasteiger partial charge in [0, 0.05) is 38.1 Å². The molecule has 2 N–H and O–H groups in total. The van der Waals surface area contributed by atoms with E-state index in [0.717, 1.165) is 11.3 Å². The number of imide groups is 1. The fourth-order valence-electron chi connectivity index (χ4n) is 3.42. The van der Waals surface area contributed by atoms with E-state index in [2.05, 4.69) is 10.6 Å². The molecule has 0 aliphatic carbocycles. The lowest BCUT2D eigenvalue weighted by atomic mass is 10.0. The van der Waals surface area contributed by atoms with E-state index in [4.69, 9.17) is 4.74 Å². The van der Waals surface area contributed by atoms with E-state index in [1.165, 1.54) is 11.8 Å². The molecule has 7 heteroatoms. The summed E-state index contributed by atoms with van der Waals surface area (Å²) in [6, 6.07) is 14.5. The van der Waals surface area contributed by atoms with Crippen LogP contribution in [0.1, 0.15) is 31.4 Å². The quantitative estimate of drug-likeness (QED) is 0.477. The normalized spacial score (nSPS) is 13.7. The van der Waals surface area contributed by atoms with Crippen LogP contribution in [-0.2, 0) is 19.1 Å². The van der Waals surface area contributed by atoms with Crippen LogP contribution in [0, 0.1) is 6.92 Å². The van der Waals surface area contributed by atoms with Crippen LogP contribution in [0.25, 0.3) is 5.57 Å². The number of ether oxygens (including phenoxy) is 1. The highest BCUT2D eigenvalue weighted by Gasteiger charge is 2.38. The summed E-state index contributed by atoms with van der Waals surface area (Å²) in [5, 5.41) is 5.86. The Morgan fingerprint density at radius 3 is 2.42 bits per heavy atom. The number of anilines is 2. The van der Waals surface area contributed by atoms with Gasteiger partial charge in [0.25, 0.3) is 11.8 Å². The van der Waals surface area contributed by atoms with Gasteiger partial charge in [0.15, 0.2) is 0 Å². The van der Waals surface area contributed by atoms with Crippen molar-refractivity contribution in [3.05, 3.63) is 65.4 Å². The molecule has 3 amide bonds. The molecule has 0 radical (unpaired) electrons. The molecule has 3 rings (SSSR count). The molecule has 31 heavy (non-hydrogen) atoms. The van der Waals surface area contributed by atoms with Crippen LogP contribution in [-0.4, -0.2) is 42.4 Å². The zero-order valence-corrected chi connectivity index (χ0v) is 18.0. The average molecular weight is 421 g/mol. The summed E-state index contributed by atoms with van der Waals surface area (Å²) in [7, 11) is 0. The molecule has 1 heterocycles. The number of nitrogens with zero attached hydrogens (tertiary/aromatic N) is 1.